The quantitative estimate of drug-likeness (QED) is 0.256. The normalized spacial score (nSPS) is 18.0. The van der Waals surface area contributed by atoms with Crippen LogP contribution in [0.1, 0.15) is 30.5 Å². The van der Waals surface area contributed by atoms with Gasteiger partial charge in [-0.1, -0.05) is 0 Å². The Labute approximate surface area is 196 Å². The Morgan fingerprint density at radius 2 is 1.57 bits per heavy atom. The van der Waals surface area contributed by atoms with E-state index < -0.39 is 6.69 Å². The van der Waals surface area contributed by atoms with Crippen LogP contribution in [0.5, 0.6) is 0 Å². The fourth-order valence-electron chi connectivity index (χ4n) is 4.03. The first-order valence-electron chi connectivity index (χ1n) is 9.10. The molecule has 6 heteroatoms. The number of allylic oxidation sites excluding steroid dienone is 1. The molecule has 0 N–H and O–H groups in total. The molecule has 0 saturated carbocycles. The van der Waals surface area contributed by atoms with Gasteiger partial charge in [0.15, 0.2) is 0 Å². The zero-order valence-corrected chi connectivity index (χ0v) is 21.3. The van der Waals surface area contributed by atoms with Crippen molar-refractivity contribution < 1.29 is 16.3 Å². The minimum absolute atomic E-state index is 0. The molecule has 1 unspecified atom stereocenters. The molecule has 1 aliphatic carbocycles. The zero-order valence-electron chi connectivity index (χ0n) is 15.8. The van der Waals surface area contributed by atoms with Crippen molar-refractivity contribution in [3.63, 3.8) is 0 Å². The smallest absolute Gasteiger partial charge is 0.147 e. The van der Waals surface area contributed by atoms with Crippen molar-refractivity contribution in [2.24, 2.45) is 0 Å². The van der Waals surface area contributed by atoms with Crippen LogP contribution in [-0.4, -0.2) is 11.7 Å². The number of halogens is 3. The molecule has 0 spiro atoms. The zero-order chi connectivity index (χ0) is 18.4. The first-order chi connectivity index (χ1) is 12.5. The van der Waals surface area contributed by atoms with E-state index in [9.17, 15) is 0 Å². The van der Waals surface area contributed by atoms with Crippen molar-refractivity contribution in [1.29, 1.82) is 0 Å². The molecule has 0 aliphatic heterocycles. The molecule has 147 valence electrons. The van der Waals surface area contributed by atoms with E-state index in [-0.39, 0.29) is 29.1 Å². The third-order valence-corrected chi connectivity index (χ3v) is 14.7. The van der Waals surface area contributed by atoms with Crippen LogP contribution < -0.4 is 0 Å². The molecule has 1 aromatic heterocycles. The molecule has 0 bridgehead atoms. The van der Waals surface area contributed by atoms with Crippen LogP contribution in [0.25, 0.3) is 16.1 Å². The Bertz CT molecular complexity index is 1020. The molecular weight excluding hydrogens is 509 g/mol. The van der Waals surface area contributed by atoms with E-state index in [0.717, 1.165) is 5.52 Å². The van der Waals surface area contributed by atoms with E-state index in [1.54, 1.807) is 0 Å². The molecule has 0 fully saturated rings. The van der Waals surface area contributed by atoms with Crippen molar-refractivity contribution in [3.05, 3.63) is 83.6 Å². The average molecular weight is 532 g/mol. The number of hydrogen-bond donors (Lipinski definition) is 0. The number of hydrogen-bond acceptors (Lipinski definition) is 1. The summed E-state index contributed by atoms with van der Waals surface area (Å²) < 4.78 is -0.268. The number of rotatable bonds is 4. The van der Waals surface area contributed by atoms with Gasteiger partial charge in [-0.05, 0) is 0 Å². The molecular formula is C22H23BrCl2CrNSi. The van der Waals surface area contributed by atoms with Gasteiger partial charge >= 0.3 is 173 Å². The number of fused-ring (bicyclic) bond motifs is 2. The van der Waals surface area contributed by atoms with Crippen LogP contribution >= 0.6 is 40.1 Å². The first-order valence-corrected chi connectivity index (χ1v) is 14.4. The Morgan fingerprint density at radius 3 is 2.29 bits per heavy atom. The van der Waals surface area contributed by atoms with E-state index in [1.165, 1.54) is 39.4 Å². The topological polar surface area (TPSA) is 12.9 Å². The largest absolute Gasteiger partial charge is 0.147 e. The Hall–Kier alpha value is -0.601. The minimum atomic E-state index is -1.67. The van der Waals surface area contributed by atoms with Gasteiger partial charge in [0, 0.05) is 0 Å². The Morgan fingerprint density at radius 1 is 0.929 bits per heavy atom. The summed E-state index contributed by atoms with van der Waals surface area (Å²) in [6.45, 7) is 2.95. The van der Waals surface area contributed by atoms with E-state index in [1.807, 2.05) is 12.3 Å². The molecule has 1 atom stereocenters. The minimum Gasteiger partial charge on any atom is -0.147 e. The van der Waals surface area contributed by atoms with E-state index in [0.29, 0.717) is 0 Å². The van der Waals surface area contributed by atoms with Crippen molar-refractivity contribution in [2.75, 3.05) is 0 Å². The van der Waals surface area contributed by atoms with Crippen LogP contribution in [0.3, 0.4) is 0 Å². The van der Waals surface area contributed by atoms with Crippen LogP contribution in [-0.2, 0) is 20.6 Å². The molecule has 28 heavy (non-hydrogen) atoms. The summed E-state index contributed by atoms with van der Waals surface area (Å²) in [4.78, 5) is 4.72. The molecule has 1 aliphatic rings. The summed E-state index contributed by atoms with van der Waals surface area (Å²) in [5.41, 5.74) is 5.07. The number of pyridine rings is 1. The van der Waals surface area contributed by atoms with Gasteiger partial charge in [0.25, 0.3) is 0 Å². The molecule has 4 rings (SSSR count). The van der Waals surface area contributed by atoms with Crippen LogP contribution in [0.15, 0.2) is 66.9 Å². The summed E-state index contributed by atoms with van der Waals surface area (Å²) in [5, 5.41) is 2.71. The van der Waals surface area contributed by atoms with Gasteiger partial charge in [-0.15, -0.1) is 24.8 Å². The van der Waals surface area contributed by atoms with Crippen molar-refractivity contribution in [1.82, 2.24) is 4.98 Å². The molecule has 3 aromatic rings. The van der Waals surface area contributed by atoms with Crippen LogP contribution in [0.4, 0.5) is 0 Å². The molecule has 1 heterocycles. The fourth-order valence-corrected chi connectivity index (χ4v) is 8.34. The number of nitrogens with zero attached hydrogens (tertiary/aromatic N) is 1. The number of benzene rings is 2. The summed E-state index contributed by atoms with van der Waals surface area (Å²) in [6.07, 6.45) is 4.37. The van der Waals surface area contributed by atoms with Gasteiger partial charge in [-0.2, -0.15) is 0 Å². The maximum absolute atomic E-state index is 4.72. The van der Waals surface area contributed by atoms with Gasteiger partial charge in [-0.3, -0.25) is 0 Å². The Kier molecular flexibility index (Phi) is 7.65. The standard InChI is InChI=1S/C22H21BrNSi.2ClH.Cr/c1-3-25(23,4-2)21-15-20(17-11-5-6-12-18(17)21)19-13-7-9-16-10-8-14-24-22(16)19;;;/h5-15H,3-4H2,1-2H3;2*1H;. The Balaban J connectivity index is 0.00000140. The third kappa shape index (κ3) is 3.65. The van der Waals surface area contributed by atoms with E-state index >= 15 is 0 Å². The summed E-state index contributed by atoms with van der Waals surface area (Å²) in [7, 11) is 0. The average Bonchev–Trinajstić information content (AvgIpc) is 3.02. The van der Waals surface area contributed by atoms with E-state index in [4.69, 9.17) is 4.98 Å². The van der Waals surface area contributed by atoms with Gasteiger partial charge in [0.2, 0.25) is 0 Å². The van der Waals surface area contributed by atoms with E-state index in [2.05, 4.69) is 100 Å². The number of para-hydroxylation sites is 1. The molecule has 0 radical (unpaired) electrons. The first kappa shape index (κ1) is 23.7. The van der Waals surface area contributed by atoms with Gasteiger partial charge < -0.3 is 0 Å². The predicted molar refractivity (Wildman–Crippen MR) is 127 cm³/mol. The summed E-state index contributed by atoms with van der Waals surface area (Å²) >= 11 is 7.75. The van der Waals surface area contributed by atoms with Gasteiger partial charge in [0.1, 0.15) is 0 Å². The maximum Gasteiger partial charge on any atom is -0.147 e. The van der Waals surface area contributed by atoms with Crippen LogP contribution in [0, 0.1) is 0 Å². The molecule has 1 nitrogen and oxygen atoms in total. The molecule has 0 amide bonds. The second kappa shape index (κ2) is 9.04. The summed E-state index contributed by atoms with van der Waals surface area (Å²) in [6, 6.07) is 21.9. The van der Waals surface area contributed by atoms with Gasteiger partial charge in [-0.25, -0.2) is 0 Å². The van der Waals surface area contributed by atoms with Crippen molar-refractivity contribution >= 4 is 62.9 Å². The second-order valence-electron chi connectivity index (χ2n) is 6.89. The summed E-state index contributed by atoms with van der Waals surface area (Å²) in [5.74, 6) is 0. The fraction of sp³-hybridized carbons (Fsp3) is 0.227. The van der Waals surface area contributed by atoms with Crippen molar-refractivity contribution in [3.8, 4) is 0 Å². The SMILES string of the molecule is CC[Si](Br)(CC)C1=C[C]([Cr])(c2cccc3cccnc23)c2ccccc21.Cl.Cl. The monoisotopic (exact) mass is 530 g/mol. The predicted octanol–water partition coefficient (Wildman–Crippen LogP) is 7.19. The third-order valence-electron chi connectivity index (χ3n) is 5.60. The van der Waals surface area contributed by atoms with Crippen molar-refractivity contribution in [2.45, 2.75) is 30.2 Å². The maximum atomic E-state index is 4.72. The van der Waals surface area contributed by atoms with Crippen LogP contribution in [0.2, 0.25) is 12.1 Å². The second-order valence-corrected chi connectivity index (χ2v) is 16.3. The number of aromatic nitrogens is 1. The van der Waals surface area contributed by atoms with Gasteiger partial charge in [0.05, 0.1) is 0 Å². The molecule has 0 saturated heterocycles. The molecule has 2 aromatic carbocycles.